The predicted octanol–water partition coefficient (Wildman–Crippen LogP) is 4.36. The molecule has 0 saturated heterocycles. The van der Waals surface area contributed by atoms with Crippen molar-refractivity contribution in [3.63, 3.8) is 0 Å². The van der Waals surface area contributed by atoms with Crippen molar-refractivity contribution < 1.29 is 12.1 Å². The normalized spacial score (nSPS) is 11.5. The molecule has 0 aliphatic heterocycles. The summed E-state index contributed by atoms with van der Waals surface area (Å²) in [4.78, 5) is 1.04. The Morgan fingerprint density at radius 3 is 2.05 bits per heavy atom. The molecule has 3 rings (SSSR count). The van der Waals surface area contributed by atoms with E-state index in [2.05, 4.69) is 0 Å². The molecule has 1 heterocycles. The first-order chi connectivity index (χ1) is 10.4. The van der Waals surface area contributed by atoms with Crippen LogP contribution in [0.3, 0.4) is 0 Å². The van der Waals surface area contributed by atoms with Crippen molar-refractivity contribution in [2.45, 2.75) is 5.82 Å². The molecule has 0 amide bonds. The van der Waals surface area contributed by atoms with Gasteiger partial charge in [0.25, 0.3) is 0 Å². The second-order valence-corrected chi connectivity index (χ2v) is 10.1. The Morgan fingerprint density at radius 1 is 0.864 bits per heavy atom. The Morgan fingerprint density at radius 2 is 1.45 bits per heavy atom. The van der Waals surface area contributed by atoms with E-state index in [1.165, 1.54) is 18.0 Å². The van der Waals surface area contributed by atoms with Crippen molar-refractivity contribution in [2.24, 2.45) is 0 Å². The molecule has 0 N–H and O–H groups in total. The van der Waals surface area contributed by atoms with E-state index in [0.29, 0.717) is 4.46 Å². The number of halogens is 1. The Kier molecular flexibility index (Phi) is 3.96. The molecular formula is C17H13FO2SSe. The maximum atomic E-state index is 13.1. The molecule has 2 nitrogen and oxygen atoms in total. The average molecular weight is 379 g/mol. The zero-order valence-electron chi connectivity index (χ0n) is 11.8. The summed E-state index contributed by atoms with van der Waals surface area (Å²) in [5, 5.41) is 1.98. The Balaban J connectivity index is 2.03. The number of hydrogen-bond acceptors (Lipinski definition) is 3. The Bertz CT molecular complexity index is 895. The average Bonchev–Trinajstić information content (AvgIpc) is 2.97. The van der Waals surface area contributed by atoms with Gasteiger partial charge in [0.1, 0.15) is 0 Å². The second kappa shape index (κ2) is 5.76. The number of thiophene rings is 1. The molecule has 1 aromatic heterocycles. The van der Waals surface area contributed by atoms with Crippen LogP contribution in [0.2, 0.25) is 5.82 Å². The van der Waals surface area contributed by atoms with Crippen LogP contribution in [-0.2, 0) is 7.67 Å². The van der Waals surface area contributed by atoms with Gasteiger partial charge in [-0.2, -0.15) is 0 Å². The SMILES string of the molecule is C[Se](=O)(=O)c1ccc(-c2ccsc2-c2ccc(F)cc2)cc1. The van der Waals surface area contributed by atoms with Crippen LogP contribution < -0.4 is 4.46 Å². The summed E-state index contributed by atoms with van der Waals surface area (Å²) < 4.78 is 36.6. The van der Waals surface area contributed by atoms with Gasteiger partial charge in [0.15, 0.2) is 0 Å². The van der Waals surface area contributed by atoms with Crippen LogP contribution in [0.1, 0.15) is 0 Å². The first-order valence-electron chi connectivity index (χ1n) is 6.59. The fourth-order valence-electron chi connectivity index (χ4n) is 2.24. The second-order valence-electron chi connectivity index (χ2n) is 4.97. The van der Waals surface area contributed by atoms with Crippen molar-refractivity contribution in [1.29, 1.82) is 0 Å². The third kappa shape index (κ3) is 3.02. The maximum absolute atomic E-state index is 13.1. The van der Waals surface area contributed by atoms with Gasteiger partial charge in [-0.1, -0.05) is 0 Å². The number of rotatable bonds is 3. The molecule has 0 aliphatic rings. The third-order valence-corrected chi connectivity index (χ3v) is 6.70. The van der Waals surface area contributed by atoms with Crippen LogP contribution in [0, 0.1) is 5.82 Å². The van der Waals surface area contributed by atoms with Crippen LogP contribution in [0.5, 0.6) is 0 Å². The molecule has 0 unspecified atom stereocenters. The van der Waals surface area contributed by atoms with Gasteiger partial charge in [0.2, 0.25) is 0 Å². The van der Waals surface area contributed by atoms with Crippen molar-refractivity contribution in [1.82, 2.24) is 0 Å². The van der Waals surface area contributed by atoms with E-state index in [1.807, 2.05) is 23.6 Å². The molecule has 3 aromatic rings. The minimum atomic E-state index is -3.94. The fraction of sp³-hybridized carbons (Fsp3) is 0.0588. The quantitative estimate of drug-likeness (QED) is 0.634. The molecule has 0 saturated carbocycles. The molecule has 0 atom stereocenters. The summed E-state index contributed by atoms with van der Waals surface area (Å²) in [6.07, 6.45) is 0. The van der Waals surface area contributed by atoms with E-state index < -0.39 is 12.7 Å². The molecule has 0 spiro atoms. The Labute approximate surface area is 133 Å². The molecule has 0 aliphatic carbocycles. The van der Waals surface area contributed by atoms with Gasteiger partial charge >= 0.3 is 134 Å². The molecule has 0 bridgehead atoms. The molecule has 112 valence electrons. The summed E-state index contributed by atoms with van der Waals surface area (Å²) in [5.74, 6) is 1.00. The zero-order chi connectivity index (χ0) is 15.7. The van der Waals surface area contributed by atoms with E-state index >= 15 is 0 Å². The topological polar surface area (TPSA) is 34.1 Å². The molecule has 22 heavy (non-hydrogen) atoms. The standard InChI is InChI=1S/C17H13FO2SSe/c1-22(19,20)15-8-4-12(5-9-15)16-10-11-21-17(16)13-2-6-14(18)7-3-13/h2-11H,1H3. The molecule has 0 fully saturated rings. The fourth-order valence-corrected chi connectivity index (χ4v) is 4.49. The van der Waals surface area contributed by atoms with Crippen LogP contribution in [0.4, 0.5) is 4.39 Å². The van der Waals surface area contributed by atoms with Crippen molar-refractivity contribution >= 4 is 28.5 Å². The van der Waals surface area contributed by atoms with Gasteiger partial charge in [-0.25, -0.2) is 0 Å². The van der Waals surface area contributed by atoms with Gasteiger partial charge in [0.05, 0.1) is 0 Å². The number of hydrogen-bond donors (Lipinski definition) is 0. The van der Waals surface area contributed by atoms with E-state index in [9.17, 15) is 12.1 Å². The van der Waals surface area contributed by atoms with Crippen LogP contribution in [0.25, 0.3) is 21.6 Å². The van der Waals surface area contributed by atoms with Crippen molar-refractivity contribution in [3.8, 4) is 21.6 Å². The monoisotopic (exact) mass is 380 g/mol. The summed E-state index contributed by atoms with van der Waals surface area (Å²) in [5.41, 5.74) is 2.92. The number of benzene rings is 2. The van der Waals surface area contributed by atoms with E-state index in [4.69, 9.17) is 0 Å². The van der Waals surface area contributed by atoms with Crippen LogP contribution in [0.15, 0.2) is 60.0 Å². The van der Waals surface area contributed by atoms with Crippen molar-refractivity contribution in [3.05, 3.63) is 65.8 Å². The predicted molar refractivity (Wildman–Crippen MR) is 87.8 cm³/mol. The van der Waals surface area contributed by atoms with Crippen LogP contribution in [-0.4, -0.2) is 12.7 Å². The molecule has 5 heteroatoms. The van der Waals surface area contributed by atoms with E-state index in [0.717, 1.165) is 21.6 Å². The molecular weight excluding hydrogens is 366 g/mol. The van der Waals surface area contributed by atoms with Gasteiger partial charge in [-0.15, -0.1) is 0 Å². The molecule has 0 radical (unpaired) electrons. The van der Waals surface area contributed by atoms with Gasteiger partial charge < -0.3 is 0 Å². The summed E-state index contributed by atoms with van der Waals surface area (Å²) in [6, 6.07) is 15.3. The first-order valence-corrected chi connectivity index (χ1v) is 11.4. The zero-order valence-corrected chi connectivity index (χ0v) is 14.3. The first kappa shape index (κ1) is 15.1. The van der Waals surface area contributed by atoms with E-state index in [-0.39, 0.29) is 5.82 Å². The minimum absolute atomic E-state index is 0.262. The van der Waals surface area contributed by atoms with Gasteiger partial charge in [-0.05, 0) is 0 Å². The van der Waals surface area contributed by atoms with Crippen LogP contribution >= 0.6 is 11.3 Å². The molecule has 2 aromatic carbocycles. The van der Waals surface area contributed by atoms with Gasteiger partial charge in [-0.3, -0.25) is 0 Å². The van der Waals surface area contributed by atoms with Gasteiger partial charge in [0, 0.05) is 0 Å². The van der Waals surface area contributed by atoms with E-state index in [1.54, 1.807) is 35.6 Å². The summed E-state index contributed by atoms with van der Waals surface area (Å²) in [7, 11) is 0. The summed E-state index contributed by atoms with van der Waals surface area (Å²) >= 11 is -2.36. The third-order valence-electron chi connectivity index (χ3n) is 3.37. The van der Waals surface area contributed by atoms with Crippen molar-refractivity contribution in [2.75, 3.05) is 0 Å². The Hall–Kier alpha value is -1.81. The summed E-state index contributed by atoms with van der Waals surface area (Å²) in [6.45, 7) is 0.